The largest absolute Gasteiger partial charge is 0.466 e. The Hall–Kier alpha value is -1.32. The number of carbonyl (C=O) groups excluding carboxylic acids is 2. The Morgan fingerprint density at radius 3 is 0.875 bits per heavy atom. The number of nitrogens with zero attached hydrogens (tertiary/aromatic N) is 1. The van der Waals surface area contributed by atoms with Crippen molar-refractivity contribution in [2.45, 2.75) is 387 Å². The fraction of sp³-hybridized carbons (Fsp3) is 0.941. The van der Waals surface area contributed by atoms with Crippen molar-refractivity contribution >= 4 is 11.9 Å². The number of hydrogen-bond donors (Lipinski definition) is 0. The highest BCUT2D eigenvalue weighted by atomic mass is 16.5. The molecule has 0 N–H and O–H groups in total. The van der Waals surface area contributed by atoms with Crippen molar-refractivity contribution in [1.82, 2.24) is 4.90 Å². The third kappa shape index (κ3) is 54.9. The van der Waals surface area contributed by atoms with E-state index in [0.29, 0.717) is 6.61 Å². The van der Waals surface area contributed by atoms with Crippen LogP contribution in [0.3, 0.4) is 0 Å². The van der Waals surface area contributed by atoms with Crippen LogP contribution < -0.4 is 0 Å². The van der Waals surface area contributed by atoms with Gasteiger partial charge in [0, 0.05) is 19.0 Å². The molecule has 428 valence electrons. The van der Waals surface area contributed by atoms with Crippen LogP contribution in [0.2, 0.25) is 0 Å². The number of rotatable bonds is 62. The van der Waals surface area contributed by atoms with E-state index in [1.807, 2.05) is 0 Å². The number of esters is 1. The van der Waals surface area contributed by atoms with Gasteiger partial charge in [0.05, 0.1) is 13.0 Å². The van der Waals surface area contributed by atoms with Crippen LogP contribution in [-0.4, -0.2) is 36.5 Å². The molecule has 1 atom stereocenters. The zero-order valence-electron chi connectivity index (χ0n) is 50.1. The number of ether oxygens (including phenoxy) is 1. The summed E-state index contributed by atoms with van der Waals surface area (Å²) in [4.78, 5) is 29.5. The summed E-state index contributed by atoms with van der Waals surface area (Å²) in [5, 5.41) is 0. The lowest BCUT2D eigenvalue weighted by Crippen LogP contribution is -2.38. The van der Waals surface area contributed by atoms with Crippen LogP contribution in [-0.2, 0) is 14.3 Å². The smallest absolute Gasteiger partial charge is 0.306 e. The van der Waals surface area contributed by atoms with E-state index in [-0.39, 0.29) is 24.2 Å². The first-order valence-electron chi connectivity index (χ1n) is 33.7. The molecule has 1 unspecified atom stereocenters. The number of carbonyl (C=O) groups is 2. The van der Waals surface area contributed by atoms with Gasteiger partial charge < -0.3 is 9.64 Å². The Morgan fingerprint density at radius 1 is 0.319 bits per heavy atom. The molecule has 0 aliphatic rings. The van der Waals surface area contributed by atoms with E-state index in [4.69, 9.17) is 4.74 Å². The molecule has 0 rings (SSSR count). The topological polar surface area (TPSA) is 46.6 Å². The van der Waals surface area contributed by atoms with Crippen molar-refractivity contribution in [3.05, 3.63) is 12.2 Å². The van der Waals surface area contributed by atoms with Crippen LogP contribution in [0.25, 0.3) is 0 Å². The summed E-state index contributed by atoms with van der Waals surface area (Å²) in [6.45, 7) is 11.3. The Kier molecular flexibility index (Phi) is 61.1. The van der Waals surface area contributed by atoms with Crippen molar-refractivity contribution in [1.29, 1.82) is 0 Å². The summed E-state index contributed by atoms with van der Waals surface area (Å²) >= 11 is 0. The molecule has 0 fully saturated rings. The monoisotopic (exact) mass is 1010 g/mol. The number of hydrogen-bond acceptors (Lipinski definition) is 3. The van der Waals surface area contributed by atoms with Crippen LogP contribution in [0, 0.1) is 5.92 Å². The molecule has 0 saturated heterocycles. The minimum Gasteiger partial charge on any atom is -0.466 e. The maximum atomic E-state index is 14.2. The Labute approximate surface area is 454 Å². The predicted molar refractivity (Wildman–Crippen MR) is 321 cm³/mol. The number of allylic oxidation sites excluding steroid dienone is 2. The molecule has 0 aromatic heterocycles. The van der Waals surface area contributed by atoms with E-state index < -0.39 is 0 Å². The van der Waals surface area contributed by atoms with Crippen molar-refractivity contribution in [3.8, 4) is 0 Å². The molecule has 72 heavy (non-hydrogen) atoms. The highest BCUT2D eigenvalue weighted by Crippen LogP contribution is 2.22. The molecule has 0 bridgehead atoms. The van der Waals surface area contributed by atoms with Gasteiger partial charge in [-0.3, -0.25) is 9.59 Å². The molecule has 0 saturated carbocycles. The average Bonchev–Trinajstić information content (AvgIpc) is 3.38. The summed E-state index contributed by atoms with van der Waals surface area (Å²) in [6.07, 6.45) is 78.3. The maximum absolute atomic E-state index is 14.2. The Balaban J connectivity index is 4.03. The molecule has 4 heteroatoms. The molecule has 0 aliphatic carbocycles. The van der Waals surface area contributed by atoms with Crippen molar-refractivity contribution in [2.24, 2.45) is 5.92 Å². The minimum absolute atomic E-state index is 0.156. The van der Waals surface area contributed by atoms with Crippen molar-refractivity contribution < 1.29 is 14.3 Å². The molecule has 0 aromatic rings. The Bertz CT molecular complexity index is 1060. The van der Waals surface area contributed by atoms with Crippen LogP contribution in [0.5, 0.6) is 0 Å². The second-order valence-electron chi connectivity index (χ2n) is 23.3. The first kappa shape index (κ1) is 70.7. The van der Waals surface area contributed by atoms with E-state index in [2.05, 4.69) is 44.7 Å². The van der Waals surface area contributed by atoms with Gasteiger partial charge in [0.15, 0.2) is 0 Å². The van der Waals surface area contributed by atoms with E-state index >= 15 is 0 Å². The predicted octanol–water partition coefficient (Wildman–Crippen LogP) is 23.5. The maximum Gasteiger partial charge on any atom is 0.306 e. The summed E-state index contributed by atoms with van der Waals surface area (Å²) in [7, 11) is 0. The van der Waals surface area contributed by atoms with E-state index in [1.54, 1.807) is 0 Å². The molecule has 0 aliphatic heterocycles. The fourth-order valence-corrected chi connectivity index (χ4v) is 10.9. The standard InChI is InChI=1S/C68H133NO3/c1-5-9-13-17-21-22-23-24-25-26-27-28-29-30-31-32-33-34-35-36-37-38-39-40-41-42-43-44-45-46-47-48-49-50-51-52-53-57-61-66(65-67(70)72-64-60-56-20-16-12-8-4)68(71)69(62-58-54-18-14-10-6-2)63-59-55-19-15-11-7-3/h23-24,66H,5-22,25-65H2,1-4H3/b24-23+. The lowest BCUT2D eigenvalue weighted by atomic mass is 9.95. The molecule has 1 amide bonds. The van der Waals surface area contributed by atoms with Gasteiger partial charge in [-0.05, 0) is 51.4 Å². The van der Waals surface area contributed by atoms with E-state index in [9.17, 15) is 9.59 Å². The third-order valence-corrected chi connectivity index (χ3v) is 16.0. The number of amides is 1. The normalized spacial score (nSPS) is 12.1. The zero-order chi connectivity index (χ0) is 52.2. The minimum atomic E-state index is -0.228. The first-order valence-corrected chi connectivity index (χ1v) is 33.7. The average molecular weight is 1010 g/mol. The van der Waals surface area contributed by atoms with Gasteiger partial charge in [-0.25, -0.2) is 0 Å². The highest BCUT2D eigenvalue weighted by Gasteiger charge is 2.27. The lowest BCUT2D eigenvalue weighted by molar-refractivity contribution is -0.149. The van der Waals surface area contributed by atoms with Gasteiger partial charge >= 0.3 is 5.97 Å². The van der Waals surface area contributed by atoms with Crippen LogP contribution >= 0.6 is 0 Å². The van der Waals surface area contributed by atoms with Crippen molar-refractivity contribution in [2.75, 3.05) is 19.7 Å². The second kappa shape index (κ2) is 62.2. The van der Waals surface area contributed by atoms with Gasteiger partial charge in [-0.2, -0.15) is 0 Å². The fourth-order valence-electron chi connectivity index (χ4n) is 10.9. The first-order chi connectivity index (χ1) is 35.6. The summed E-state index contributed by atoms with van der Waals surface area (Å²) in [5.41, 5.74) is 0. The molecule has 0 radical (unpaired) electrons. The van der Waals surface area contributed by atoms with E-state index in [1.165, 1.54) is 315 Å². The van der Waals surface area contributed by atoms with Crippen LogP contribution in [0.1, 0.15) is 387 Å². The number of unbranched alkanes of at least 4 members (excludes halogenated alkanes) is 49. The quantitative estimate of drug-likeness (QED) is 0.0346. The summed E-state index contributed by atoms with van der Waals surface area (Å²) in [5.74, 6) is -0.153. The van der Waals surface area contributed by atoms with E-state index in [0.717, 1.165) is 51.6 Å². The van der Waals surface area contributed by atoms with Gasteiger partial charge in [0.1, 0.15) is 0 Å². The van der Waals surface area contributed by atoms with Crippen molar-refractivity contribution in [3.63, 3.8) is 0 Å². The molecule has 0 spiro atoms. The molecular weight excluding hydrogens is 879 g/mol. The van der Waals surface area contributed by atoms with Gasteiger partial charge in [-0.15, -0.1) is 0 Å². The Morgan fingerprint density at radius 2 is 0.569 bits per heavy atom. The summed E-state index contributed by atoms with van der Waals surface area (Å²) in [6, 6.07) is 0. The van der Waals surface area contributed by atoms with Gasteiger partial charge in [0.2, 0.25) is 5.91 Å². The SMILES string of the molecule is CCCCCCC/C=C/CCCCCCCCCCCCCCCCCCCCCCCCCCCCCCCC(CC(=O)OCCCCCCCC)C(=O)N(CCCCCCCC)CCCCCCCC. The highest BCUT2D eigenvalue weighted by molar-refractivity contribution is 5.83. The zero-order valence-corrected chi connectivity index (χ0v) is 50.1. The van der Waals surface area contributed by atoms with Crippen LogP contribution in [0.4, 0.5) is 0 Å². The summed E-state index contributed by atoms with van der Waals surface area (Å²) < 4.78 is 5.75. The molecule has 0 heterocycles. The molecule has 4 nitrogen and oxygen atoms in total. The third-order valence-electron chi connectivity index (χ3n) is 16.0. The van der Waals surface area contributed by atoms with Crippen LogP contribution in [0.15, 0.2) is 12.2 Å². The van der Waals surface area contributed by atoms with Gasteiger partial charge in [-0.1, -0.05) is 342 Å². The lowest BCUT2D eigenvalue weighted by Gasteiger charge is -2.27. The molecule has 0 aromatic carbocycles. The molecular formula is C68H133NO3. The second-order valence-corrected chi connectivity index (χ2v) is 23.3. The van der Waals surface area contributed by atoms with Gasteiger partial charge in [0.25, 0.3) is 0 Å².